The van der Waals surface area contributed by atoms with Gasteiger partial charge in [0.2, 0.25) is 0 Å². The molecule has 0 saturated heterocycles. The summed E-state index contributed by atoms with van der Waals surface area (Å²) in [5.41, 5.74) is 1.76. The maximum atomic E-state index is 12.0. The van der Waals surface area contributed by atoms with E-state index in [1.807, 2.05) is 36.4 Å². The molecular formula is C41H45NO10S. The van der Waals surface area contributed by atoms with Crippen molar-refractivity contribution in [1.29, 1.82) is 0 Å². The number of phenols is 1. The summed E-state index contributed by atoms with van der Waals surface area (Å²) in [7, 11) is -3.33. The smallest absolute Gasteiger partial charge is 0.335 e. The third-order valence-corrected chi connectivity index (χ3v) is 9.56. The van der Waals surface area contributed by atoms with Crippen LogP contribution in [-0.2, 0) is 19.3 Å². The van der Waals surface area contributed by atoms with Gasteiger partial charge in [-0.15, -0.1) is 0 Å². The van der Waals surface area contributed by atoms with E-state index in [0.29, 0.717) is 56.9 Å². The second kappa shape index (κ2) is 19.1. The van der Waals surface area contributed by atoms with E-state index in [0.717, 1.165) is 53.7 Å². The molecule has 0 amide bonds. The largest absolute Gasteiger partial charge is 0.508 e. The molecule has 0 saturated carbocycles. The average Bonchev–Trinajstić information content (AvgIpc) is 3.15. The summed E-state index contributed by atoms with van der Waals surface area (Å²) >= 11 is 0. The van der Waals surface area contributed by atoms with E-state index >= 15 is 0 Å². The van der Waals surface area contributed by atoms with Crippen molar-refractivity contribution in [1.82, 2.24) is 4.90 Å². The Balaban J connectivity index is 1.03. The maximum Gasteiger partial charge on any atom is 0.335 e. The van der Waals surface area contributed by atoms with Crippen molar-refractivity contribution in [2.24, 2.45) is 0 Å². The molecule has 0 aliphatic rings. The predicted molar refractivity (Wildman–Crippen MR) is 203 cm³/mol. The van der Waals surface area contributed by atoms with Crippen molar-refractivity contribution >= 4 is 26.6 Å². The first-order valence-corrected chi connectivity index (χ1v) is 19.3. The van der Waals surface area contributed by atoms with Gasteiger partial charge in [0.1, 0.15) is 35.4 Å². The first-order chi connectivity index (χ1) is 25.6. The van der Waals surface area contributed by atoms with Gasteiger partial charge in [-0.1, -0.05) is 31.2 Å². The van der Waals surface area contributed by atoms with Gasteiger partial charge in [0, 0.05) is 30.3 Å². The highest BCUT2D eigenvalue weighted by Crippen LogP contribution is 2.41. The Labute approximate surface area is 310 Å². The summed E-state index contributed by atoms with van der Waals surface area (Å²) in [6.07, 6.45) is 2.02. The molecule has 0 unspecified atom stereocenters. The van der Waals surface area contributed by atoms with Crippen LogP contribution in [0.5, 0.6) is 28.7 Å². The minimum Gasteiger partial charge on any atom is -0.508 e. The fourth-order valence-electron chi connectivity index (χ4n) is 5.59. The van der Waals surface area contributed by atoms with Crippen molar-refractivity contribution in [3.05, 3.63) is 109 Å². The Hall–Kier alpha value is -5.14. The van der Waals surface area contributed by atoms with Gasteiger partial charge < -0.3 is 38.8 Å². The fraction of sp³-hybridized carbons (Fsp3) is 0.293. The summed E-state index contributed by atoms with van der Waals surface area (Å²) in [4.78, 5) is 13.6. The van der Waals surface area contributed by atoms with Crippen LogP contribution in [0.4, 0.5) is 0 Å². The Morgan fingerprint density at radius 2 is 1.42 bits per heavy atom. The second-order valence-corrected chi connectivity index (χ2v) is 14.3. The maximum absolute atomic E-state index is 12.0. The molecule has 0 aliphatic carbocycles. The van der Waals surface area contributed by atoms with Gasteiger partial charge in [-0.25, -0.2) is 13.2 Å². The summed E-state index contributed by atoms with van der Waals surface area (Å²) < 4.78 is 53.3. The van der Waals surface area contributed by atoms with Crippen molar-refractivity contribution in [2.75, 3.05) is 65.5 Å². The Morgan fingerprint density at radius 3 is 2.13 bits per heavy atom. The number of hydrogen-bond acceptors (Lipinski definition) is 10. The van der Waals surface area contributed by atoms with Crippen LogP contribution in [0, 0.1) is 0 Å². The summed E-state index contributed by atoms with van der Waals surface area (Å²) in [5, 5.41) is 20.7. The Kier molecular flexibility index (Phi) is 14.1. The van der Waals surface area contributed by atoms with Gasteiger partial charge in [-0.3, -0.25) is 0 Å². The SMILES string of the molecule is CCN(CCCOc1ccc(Oc2c(-c3ccc(S(C)(=O)=O)cc3)ccc3cc(O)ccc23)cc1)CCOCCOCCOc1cccc(C(=O)O)c1. The molecule has 0 spiro atoms. The van der Waals surface area contributed by atoms with Crippen molar-refractivity contribution in [3.63, 3.8) is 0 Å². The van der Waals surface area contributed by atoms with Crippen molar-refractivity contribution in [2.45, 2.75) is 18.2 Å². The van der Waals surface area contributed by atoms with Crippen LogP contribution in [0.1, 0.15) is 23.7 Å². The standard InChI is InChI=1S/C41H45NO10S/c1-3-42(21-23-48-24-25-49-26-27-51-36-7-4-6-32(29-36)41(44)45)20-5-22-50-34-12-14-35(15-13-34)52-40-38(18-10-31-28-33(43)11-19-39(31)40)30-8-16-37(17-9-30)53(2,46)47/h4,6-19,28-29,43H,3,5,20-27H2,1-2H3,(H,44,45). The number of carboxylic acids is 1. The number of rotatable bonds is 21. The molecular weight excluding hydrogens is 699 g/mol. The van der Waals surface area contributed by atoms with Crippen LogP contribution in [0.2, 0.25) is 0 Å². The molecule has 0 heterocycles. The number of fused-ring (bicyclic) bond motifs is 1. The number of carbonyl (C=O) groups is 1. The number of likely N-dealkylation sites (N-methyl/N-ethyl adjacent to an activating group) is 1. The van der Waals surface area contributed by atoms with Crippen LogP contribution < -0.4 is 14.2 Å². The van der Waals surface area contributed by atoms with Gasteiger partial charge in [0.05, 0.1) is 43.5 Å². The van der Waals surface area contributed by atoms with E-state index in [4.69, 9.17) is 28.8 Å². The van der Waals surface area contributed by atoms with Crippen LogP contribution in [0.25, 0.3) is 21.9 Å². The molecule has 0 bridgehead atoms. The molecule has 53 heavy (non-hydrogen) atoms. The molecule has 5 rings (SSSR count). The van der Waals surface area contributed by atoms with Crippen LogP contribution in [-0.4, -0.2) is 95.0 Å². The molecule has 0 radical (unpaired) electrons. The van der Waals surface area contributed by atoms with E-state index in [1.54, 1.807) is 54.6 Å². The molecule has 0 atom stereocenters. The quantitative estimate of drug-likeness (QED) is 0.0731. The van der Waals surface area contributed by atoms with Crippen molar-refractivity contribution < 1.29 is 47.1 Å². The normalized spacial score (nSPS) is 11.5. The third-order valence-electron chi connectivity index (χ3n) is 8.43. The lowest BCUT2D eigenvalue weighted by molar-refractivity contribution is 0.0293. The lowest BCUT2D eigenvalue weighted by Gasteiger charge is -2.20. The van der Waals surface area contributed by atoms with E-state index in [1.165, 1.54) is 18.4 Å². The first kappa shape index (κ1) is 39.1. The second-order valence-electron chi connectivity index (χ2n) is 12.3. The Morgan fingerprint density at radius 1 is 0.717 bits per heavy atom. The number of phenolic OH excluding ortho intramolecular Hbond substituents is 1. The minimum absolute atomic E-state index is 0.149. The number of aromatic carboxylic acids is 1. The molecule has 12 heteroatoms. The highest BCUT2D eigenvalue weighted by molar-refractivity contribution is 7.90. The van der Waals surface area contributed by atoms with Gasteiger partial charge in [0.25, 0.3) is 0 Å². The zero-order valence-corrected chi connectivity index (χ0v) is 30.7. The van der Waals surface area contributed by atoms with Gasteiger partial charge in [-0.05, 0) is 103 Å². The highest BCUT2D eigenvalue weighted by Gasteiger charge is 2.15. The van der Waals surface area contributed by atoms with Crippen LogP contribution >= 0.6 is 0 Å². The molecule has 5 aromatic rings. The van der Waals surface area contributed by atoms with Crippen LogP contribution in [0.3, 0.4) is 0 Å². The molecule has 0 aromatic heterocycles. The molecule has 2 N–H and O–H groups in total. The fourth-order valence-corrected chi connectivity index (χ4v) is 6.22. The highest BCUT2D eigenvalue weighted by atomic mass is 32.2. The van der Waals surface area contributed by atoms with E-state index < -0.39 is 15.8 Å². The third kappa shape index (κ3) is 11.7. The van der Waals surface area contributed by atoms with E-state index in [2.05, 4.69) is 11.8 Å². The molecule has 0 fully saturated rings. The molecule has 5 aromatic carbocycles. The zero-order chi connectivity index (χ0) is 37.6. The molecule has 11 nitrogen and oxygen atoms in total. The number of ether oxygens (including phenoxy) is 5. The molecule has 0 aliphatic heterocycles. The number of sulfone groups is 1. The minimum atomic E-state index is -3.33. The monoisotopic (exact) mass is 743 g/mol. The number of carboxylic acid groups (broad SMARTS) is 1. The molecule has 280 valence electrons. The summed E-state index contributed by atoms with van der Waals surface area (Å²) in [5.74, 6) is 1.57. The zero-order valence-electron chi connectivity index (χ0n) is 29.9. The number of aromatic hydroxyl groups is 1. The summed E-state index contributed by atoms with van der Waals surface area (Å²) in [6.45, 7) is 7.41. The average molecular weight is 744 g/mol. The number of benzene rings is 5. The van der Waals surface area contributed by atoms with Gasteiger partial charge in [-0.2, -0.15) is 0 Å². The van der Waals surface area contributed by atoms with E-state index in [-0.39, 0.29) is 16.2 Å². The Bertz CT molecular complexity index is 2050. The first-order valence-electron chi connectivity index (χ1n) is 17.4. The lowest BCUT2D eigenvalue weighted by atomic mass is 9.99. The van der Waals surface area contributed by atoms with Gasteiger partial charge in [0.15, 0.2) is 9.84 Å². The van der Waals surface area contributed by atoms with Gasteiger partial charge >= 0.3 is 5.97 Å². The number of nitrogens with zero attached hydrogens (tertiary/aromatic N) is 1. The predicted octanol–water partition coefficient (Wildman–Crippen LogP) is 7.31. The summed E-state index contributed by atoms with van der Waals surface area (Å²) in [6, 6.07) is 29.4. The number of hydrogen-bond donors (Lipinski definition) is 2. The van der Waals surface area contributed by atoms with Crippen molar-refractivity contribution in [3.8, 4) is 39.9 Å². The van der Waals surface area contributed by atoms with Crippen LogP contribution in [0.15, 0.2) is 108 Å². The lowest BCUT2D eigenvalue weighted by Crippen LogP contribution is -2.29. The van der Waals surface area contributed by atoms with E-state index in [9.17, 15) is 18.3 Å². The topological polar surface area (TPSA) is 141 Å².